The van der Waals surface area contributed by atoms with Gasteiger partial charge in [-0.25, -0.2) is 0 Å². The highest BCUT2D eigenvalue weighted by atomic mass is 28.4. The molecule has 0 saturated carbocycles. The maximum absolute atomic E-state index is 5.69. The van der Waals surface area contributed by atoms with Crippen molar-refractivity contribution in [2.75, 3.05) is 26.4 Å². The van der Waals surface area contributed by atoms with E-state index in [4.69, 9.17) is 13.3 Å². The highest BCUT2D eigenvalue weighted by molar-refractivity contribution is 6.93. The van der Waals surface area contributed by atoms with Crippen LogP contribution in [-0.4, -0.2) is 40.5 Å². The molecule has 4 nitrogen and oxygen atoms in total. The van der Waals surface area contributed by atoms with Crippen LogP contribution < -0.4 is 0 Å². The van der Waals surface area contributed by atoms with Crippen LogP contribution in [-0.2, 0) is 13.3 Å². The molecule has 0 saturated heterocycles. The van der Waals surface area contributed by atoms with Gasteiger partial charge in [0.05, 0.1) is 5.33 Å². The monoisotopic (exact) mass is 233 g/mol. The van der Waals surface area contributed by atoms with Gasteiger partial charge in [-0.2, -0.15) is 0 Å². The van der Waals surface area contributed by atoms with E-state index in [0.717, 1.165) is 11.9 Å². The highest BCUT2D eigenvalue weighted by Crippen LogP contribution is 2.12. The Hall–Kier alpha value is -0.233. The second-order valence-electron chi connectivity index (χ2n) is 2.91. The highest BCUT2D eigenvalue weighted by Gasteiger charge is 2.44. The van der Waals surface area contributed by atoms with Gasteiger partial charge in [0.2, 0.25) is 0 Å². The van der Waals surface area contributed by atoms with Crippen LogP contribution in [0.5, 0.6) is 0 Å². The number of hydrogen-bond donors (Lipinski definition) is 0. The zero-order valence-electron chi connectivity index (χ0n) is 10.5. The van der Waals surface area contributed by atoms with E-state index in [1.54, 1.807) is 0 Å². The van der Waals surface area contributed by atoms with Crippen molar-refractivity contribution in [1.29, 1.82) is 0 Å². The fraction of sp³-hybridized carbons (Fsp3) is 0.900. The lowest BCUT2D eigenvalue weighted by molar-refractivity contribution is 0.0896. The number of nitrogens with zero attached hydrogens (tertiary/aromatic N) is 1. The van der Waals surface area contributed by atoms with Crippen molar-refractivity contribution < 1.29 is 13.3 Å². The fourth-order valence-electron chi connectivity index (χ4n) is 1.34. The first-order chi connectivity index (χ1) is 7.16. The van der Waals surface area contributed by atoms with E-state index in [2.05, 4.69) is 4.99 Å². The van der Waals surface area contributed by atoms with Gasteiger partial charge in [0.1, 0.15) is 0 Å². The van der Waals surface area contributed by atoms with Gasteiger partial charge in [-0.15, -0.1) is 0 Å². The predicted molar refractivity (Wildman–Crippen MR) is 64.3 cm³/mol. The molecule has 15 heavy (non-hydrogen) atoms. The van der Waals surface area contributed by atoms with Crippen molar-refractivity contribution in [3.05, 3.63) is 0 Å². The molecule has 0 aliphatic heterocycles. The van der Waals surface area contributed by atoms with Crippen LogP contribution in [0.15, 0.2) is 4.99 Å². The lowest BCUT2D eigenvalue weighted by atomic mass is 10.7. The van der Waals surface area contributed by atoms with Crippen molar-refractivity contribution in [3.8, 4) is 0 Å². The smallest absolute Gasteiger partial charge is 0.370 e. The third kappa shape index (κ3) is 4.42. The van der Waals surface area contributed by atoms with Crippen molar-refractivity contribution in [1.82, 2.24) is 0 Å². The first-order valence-electron chi connectivity index (χ1n) is 5.60. The summed E-state index contributed by atoms with van der Waals surface area (Å²) in [5, 5.41) is 0.871. The van der Waals surface area contributed by atoms with Crippen molar-refractivity contribution in [2.24, 2.45) is 4.99 Å². The Balaban J connectivity index is 4.82. The Morgan fingerprint density at radius 3 is 1.60 bits per heavy atom. The number of aliphatic imine (C=N–C) groups is 1. The van der Waals surface area contributed by atoms with Gasteiger partial charge in [-0.05, 0) is 34.6 Å². The second-order valence-corrected chi connectivity index (χ2v) is 5.62. The molecule has 0 aromatic rings. The Kier molecular flexibility index (Phi) is 7.86. The molecule has 0 heterocycles. The Labute approximate surface area is 94.0 Å². The van der Waals surface area contributed by atoms with E-state index in [1.807, 2.05) is 34.6 Å². The third-order valence-electron chi connectivity index (χ3n) is 1.84. The van der Waals surface area contributed by atoms with Gasteiger partial charge in [-0.1, -0.05) is 0 Å². The second kappa shape index (κ2) is 7.98. The maximum atomic E-state index is 5.69. The summed E-state index contributed by atoms with van der Waals surface area (Å²) >= 11 is 0. The average Bonchev–Trinajstić information content (AvgIpc) is 2.19. The van der Waals surface area contributed by atoms with Gasteiger partial charge in [0.15, 0.2) is 0 Å². The van der Waals surface area contributed by atoms with E-state index < -0.39 is 8.80 Å². The molecule has 0 N–H and O–H groups in total. The minimum atomic E-state index is -2.67. The minimum absolute atomic E-state index is 0.586. The van der Waals surface area contributed by atoms with E-state index in [-0.39, 0.29) is 0 Å². The topological polar surface area (TPSA) is 40.0 Å². The van der Waals surface area contributed by atoms with Gasteiger partial charge < -0.3 is 13.3 Å². The fourth-order valence-corrected chi connectivity index (χ4v) is 3.71. The SMILES string of the molecule is CCN=C(C)[Si](OCC)(OCC)OCC. The summed E-state index contributed by atoms with van der Waals surface area (Å²) in [5.74, 6) is 0. The molecule has 0 aromatic carbocycles. The summed E-state index contributed by atoms with van der Waals surface area (Å²) in [6, 6.07) is 0. The molecule has 5 heteroatoms. The summed E-state index contributed by atoms with van der Waals surface area (Å²) in [6.07, 6.45) is 0. The Bertz CT molecular complexity index is 180. The summed E-state index contributed by atoms with van der Waals surface area (Å²) < 4.78 is 17.1. The molecule has 0 amide bonds. The normalized spacial score (nSPS) is 13.3. The van der Waals surface area contributed by atoms with E-state index in [0.29, 0.717) is 19.8 Å². The molecule has 0 spiro atoms. The van der Waals surface area contributed by atoms with Crippen LogP contribution in [0.4, 0.5) is 0 Å². The molecule has 0 unspecified atom stereocenters. The van der Waals surface area contributed by atoms with Crippen LogP contribution >= 0.6 is 0 Å². The zero-order chi connectivity index (χ0) is 11.7. The largest absolute Gasteiger partial charge is 0.551 e. The summed E-state index contributed by atoms with van der Waals surface area (Å²) in [5.41, 5.74) is 0. The molecule has 0 fully saturated rings. The van der Waals surface area contributed by atoms with Gasteiger partial charge in [-0.3, -0.25) is 4.99 Å². The summed E-state index contributed by atoms with van der Waals surface area (Å²) in [4.78, 5) is 4.36. The average molecular weight is 233 g/mol. The van der Waals surface area contributed by atoms with E-state index in [1.165, 1.54) is 0 Å². The zero-order valence-corrected chi connectivity index (χ0v) is 11.5. The molecule has 0 atom stereocenters. The van der Waals surface area contributed by atoms with Crippen molar-refractivity contribution >= 4 is 14.1 Å². The van der Waals surface area contributed by atoms with E-state index in [9.17, 15) is 0 Å². The maximum Gasteiger partial charge on any atom is 0.551 e. The Morgan fingerprint density at radius 2 is 1.33 bits per heavy atom. The predicted octanol–water partition coefficient (Wildman–Crippen LogP) is 2.05. The Morgan fingerprint density at radius 1 is 0.933 bits per heavy atom. The van der Waals surface area contributed by atoms with Crippen molar-refractivity contribution in [3.63, 3.8) is 0 Å². The molecule has 0 aliphatic rings. The molecule has 0 rings (SSSR count). The molecule has 0 aliphatic carbocycles. The van der Waals surface area contributed by atoms with Gasteiger partial charge in [0.25, 0.3) is 0 Å². The first-order valence-corrected chi connectivity index (χ1v) is 7.32. The molecular weight excluding hydrogens is 210 g/mol. The number of hydrogen-bond acceptors (Lipinski definition) is 4. The summed E-state index contributed by atoms with van der Waals surface area (Å²) in [6.45, 7) is 12.2. The van der Waals surface area contributed by atoms with Crippen LogP contribution in [0.1, 0.15) is 34.6 Å². The van der Waals surface area contributed by atoms with Crippen LogP contribution in [0.3, 0.4) is 0 Å². The van der Waals surface area contributed by atoms with Gasteiger partial charge >= 0.3 is 8.80 Å². The van der Waals surface area contributed by atoms with Crippen LogP contribution in [0, 0.1) is 0 Å². The standard InChI is InChI=1S/C10H23NO3Si/c1-6-11-10(5)15(12-7-2,13-8-3)14-9-4/h6-9H2,1-5H3. The quantitative estimate of drug-likeness (QED) is 0.476. The van der Waals surface area contributed by atoms with E-state index >= 15 is 0 Å². The molecule has 0 bridgehead atoms. The first kappa shape index (κ1) is 14.8. The van der Waals surface area contributed by atoms with Gasteiger partial charge in [0, 0.05) is 26.4 Å². The minimum Gasteiger partial charge on any atom is -0.370 e. The van der Waals surface area contributed by atoms with Crippen LogP contribution in [0.2, 0.25) is 0 Å². The third-order valence-corrected chi connectivity index (χ3v) is 4.89. The molecular formula is C10H23NO3Si. The molecule has 0 radical (unpaired) electrons. The lowest BCUT2D eigenvalue weighted by Gasteiger charge is -2.27. The summed E-state index contributed by atoms with van der Waals surface area (Å²) in [7, 11) is -2.67. The molecule has 0 aromatic heterocycles. The van der Waals surface area contributed by atoms with Crippen molar-refractivity contribution in [2.45, 2.75) is 34.6 Å². The van der Waals surface area contributed by atoms with Crippen LogP contribution in [0.25, 0.3) is 0 Å². The lowest BCUT2D eigenvalue weighted by Crippen LogP contribution is -2.53. The number of rotatable bonds is 8. The molecule has 90 valence electrons.